The smallest absolute Gasteiger partial charge is 0.264 e. The molecule has 0 aromatic heterocycles. The van der Waals surface area contributed by atoms with Gasteiger partial charge in [-0.15, -0.1) is 0 Å². The molecule has 2 aromatic rings. The number of piperidine rings is 1. The maximum atomic E-state index is 13.1. The van der Waals surface area contributed by atoms with Crippen LogP contribution in [0.2, 0.25) is 0 Å². The van der Waals surface area contributed by atoms with Gasteiger partial charge in [-0.1, -0.05) is 6.07 Å². The zero-order valence-electron chi connectivity index (χ0n) is 21.6. The van der Waals surface area contributed by atoms with E-state index >= 15 is 0 Å². The number of likely N-dealkylation sites (tertiary alicyclic amines) is 1. The van der Waals surface area contributed by atoms with E-state index in [4.69, 9.17) is 0 Å². The van der Waals surface area contributed by atoms with Crippen molar-refractivity contribution in [1.29, 1.82) is 0 Å². The monoisotopic (exact) mass is 528 g/mol. The van der Waals surface area contributed by atoms with E-state index in [0.29, 0.717) is 62.1 Å². The second-order valence-electron chi connectivity index (χ2n) is 10.0. The van der Waals surface area contributed by atoms with Crippen LogP contribution in [0.25, 0.3) is 0 Å². The molecule has 0 bridgehead atoms. The third kappa shape index (κ3) is 7.47. The highest BCUT2D eigenvalue weighted by molar-refractivity contribution is 7.92. The molecule has 0 radical (unpaired) electrons. The van der Waals surface area contributed by atoms with Crippen LogP contribution in [0, 0.1) is 0 Å². The molecule has 1 heterocycles. The molecule has 200 valence electrons. The number of hydrogen-bond acceptors (Lipinski definition) is 7. The Labute approximate surface area is 219 Å². The van der Waals surface area contributed by atoms with Crippen LogP contribution in [-0.2, 0) is 10.0 Å². The molecule has 1 aliphatic rings. The lowest BCUT2D eigenvalue weighted by Gasteiger charge is -2.38. The molecule has 3 N–H and O–H groups in total. The van der Waals surface area contributed by atoms with Gasteiger partial charge in [-0.25, -0.2) is 8.42 Å². The summed E-state index contributed by atoms with van der Waals surface area (Å²) in [6.45, 7) is 9.53. The lowest BCUT2D eigenvalue weighted by Crippen LogP contribution is -2.46. The summed E-state index contributed by atoms with van der Waals surface area (Å²) in [5.74, 6) is -0.169. The fourth-order valence-corrected chi connectivity index (χ4v) is 5.64. The fraction of sp³-hybridized carbons (Fsp3) is 0.444. The minimum atomic E-state index is -3.97. The van der Waals surface area contributed by atoms with Crippen molar-refractivity contribution in [3.8, 4) is 0 Å². The summed E-state index contributed by atoms with van der Waals surface area (Å²) in [6, 6.07) is 10.9. The Morgan fingerprint density at radius 1 is 1.19 bits per heavy atom. The summed E-state index contributed by atoms with van der Waals surface area (Å²) in [5.41, 5.74) is -0.295. The molecule has 1 amide bonds. The Kier molecular flexibility index (Phi) is 8.88. The number of carbonyl (C=O) groups excluding carboxylic acids is 1. The molecule has 3 rings (SSSR count). The minimum Gasteiger partial charge on any atom is -0.390 e. The number of nitrogens with one attached hydrogen (secondary N) is 1. The highest BCUT2D eigenvalue weighted by Crippen LogP contribution is 2.35. The van der Waals surface area contributed by atoms with E-state index < -0.39 is 21.2 Å². The van der Waals surface area contributed by atoms with E-state index in [1.54, 1.807) is 62.1 Å². The number of anilines is 1. The predicted octanol–water partition coefficient (Wildman–Crippen LogP) is 4.45. The van der Waals surface area contributed by atoms with Crippen molar-refractivity contribution in [3.63, 3.8) is 0 Å². The molecule has 37 heavy (non-hydrogen) atoms. The Hall–Kier alpha value is -3.08. The number of rotatable bonds is 10. The third-order valence-electron chi connectivity index (χ3n) is 6.49. The van der Waals surface area contributed by atoms with Crippen molar-refractivity contribution in [2.45, 2.75) is 69.0 Å². The molecule has 9 nitrogen and oxygen atoms in total. The maximum absolute atomic E-state index is 13.1. The van der Waals surface area contributed by atoms with Crippen LogP contribution in [0.5, 0.6) is 0 Å². The standard InChI is InChI=1S/C27H36N4O5S/c1-5-29-24-22(28-4)8-6-9-23(24)37(35,36)30-21-12-10-20(11-13-21)25(32)31-18-16-27(34,17-19-31)15-7-14-26(2,3)33/h5-6,8-13,30,33-34H,4,7,14-19H2,1-3H3. The molecule has 1 aliphatic heterocycles. The number of hydrogen-bond donors (Lipinski definition) is 3. The SMILES string of the molecule is C=Nc1cccc(S(=O)(=O)Nc2ccc(C(=O)N3CCC(O)(CCCC(C)(C)O)CC3)cc2)c1N=CC. The van der Waals surface area contributed by atoms with Gasteiger partial charge >= 0.3 is 0 Å². The third-order valence-corrected chi connectivity index (χ3v) is 7.90. The van der Waals surface area contributed by atoms with Gasteiger partial charge in [0.2, 0.25) is 0 Å². The van der Waals surface area contributed by atoms with Crippen molar-refractivity contribution in [2.75, 3.05) is 17.8 Å². The van der Waals surface area contributed by atoms with Gasteiger partial charge in [0.25, 0.3) is 15.9 Å². The van der Waals surface area contributed by atoms with E-state index in [2.05, 4.69) is 21.4 Å². The average Bonchev–Trinajstić information content (AvgIpc) is 2.83. The first-order valence-corrected chi connectivity index (χ1v) is 13.8. The zero-order valence-corrected chi connectivity index (χ0v) is 22.5. The van der Waals surface area contributed by atoms with Crippen molar-refractivity contribution in [2.24, 2.45) is 9.98 Å². The number of nitrogens with zero attached hydrogens (tertiary/aromatic N) is 3. The van der Waals surface area contributed by atoms with E-state index in [0.717, 1.165) is 0 Å². The Morgan fingerprint density at radius 3 is 2.41 bits per heavy atom. The Bertz CT molecular complexity index is 1240. The minimum absolute atomic E-state index is 0.0287. The number of carbonyl (C=O) groups is 1. The van der Waals surface area contributed by atoms with E-state index in [9.17, 15) is 23.4 Å². The largest absolute Gasteiger partial charge is 0.390 e. The van der Waals surface area contributed by atoms with Crippen molar-refractivity contribution >= 4 is 45.9 Å². The summed E-state index contributed by atoms with van der Waals surface area (Å²) >= 11 is 0. The summed E-state index contributed by atoms with van der Waals surface area (Å²) in [4.78, 5) is 22.7. The van der Waals surface area contributed by atoms with Crippen molar-refractivity contribution in [1.82, 2.24) is 4.90 Å². The van der Waals surface area contributed by atoms with Crippen LogP contribution in [0.1, 0.15) is 63.2 Å². The molecule has 1 saturated heterocycles. The zero-order chi connectivity index (χ0) is 27.3. The van der Waals surface area contributed by atoms with Gasteiger partial charge in [-0.3, -0.25) is 19.5 Å². The molecule has 10 heteroatoms. The lowest BCUT2D eigenvalue weighted by molar-refractivity contribution is -0.0291. The van der Waals surface area contributed by atoms with Crippen molar-refractivity contribution < 1.29 is 23.4 Å². The average molecular weight is 529 g/mol. The van der Waals surface area contributed by atoms with E-state index in [1.807, 2.05) is 0 Å². The molecule has 0 spiro atoms. The van der Waals surface area contributed by atoms with Crippen LogP contribution in [0.15, 0.2) is 57.3 Å². The van der Waals surface area contributed by atoms with Crippen LogP contribution in [0.3, 0.4) is 0 Å². The molecule has 0 unspecified atom stereocenters. The molecular formula is C27H36N4O5S. The van der Waals surface area contributed by atoms with Gasteiger partial charge in [0.15, 0.2) is 0 Å². The molecule has 2 aromatic carbocycles. The van der Waals surface area contributed by atoms with Crippen molar-refractivity contribution in [3.05, 3.63) is 48.0 Å². The second kappa shape index (κ2) is 11.5. The molecule has 0 atom stereocenters. The number of amides is 1. The van der Waals surface area contributed by atoms with Gasteiger partial charge in [0.1, 0.15) is 10.6 Å². The molecular weight excluding hydrogens is 492 g/mol. The van der Waals surface area contributed by atoms with Crippen LogP contribution < -0.4 is 4.72 Å². The topological polar surface area (TPSA) is 132 Å². The number of aliphatic imine (C=N–C) groups is 2. The van der Waals surface area contributed by atoms with Gasteiger partial charge in [0.05, 0.1) is 16.9 Å². The summed E-state index contributed by atoms with van der Waals surface area (Å²) in [5, 5.41) is 20.7. The van der Waals surface area contributed by atoms with E-state index in [-0.39, 0.29) is 16.5 Å². The number of benzene rings is 2. The normalized spacial score (nSPS) is 16.1. The second-order valence-corrected chi connectivity index (χ2v) is 11.7. The fourth-order valence-electron chi connectivity index (χ4n) is 4.41. The van der Waals surface area contributed by atoms with Gasteiger partial charge in [0, 0.05) is 30.6 Å². The van der Waals surface area contributed by atoms with Crippen LogP contribution >= 0.6 is 0 Å². The summed E-state index contributed by atoms with van der Waals surface area (Å²) in [6.07, 6.45) is 4.35. The number of para-hydroxylation sites is 1. The molecule has 0 saturated carbocycles. The predicted molar refractivity (Wildman–Crippen MR) is 147 cm³/mol. The van der Waals surface area contributed by atoms with Gasteiger partial charge < -0.3 is 15.1 Å². The number of aliphatic hydroxyl groups is 2. The highest BCUT2D eigenvalue weighted by atomic mass is 32.2. The van der Waals surface area contributed by atoms with Gasteiger partial charge in [-0.2, -0.15) is 0 Å². The number of sulfonamides is 1. The summed E-state index contributed by atoms with van der Waals surface area (Å²) < 4.78 is 28.7. The lowest BCUT2D eigenvalue weighted by atomic mass is 9.85. The van der Waals surface area contributed by atoms with Gasteiger partial charge in [-0.05, 0) is 96.0 Å². The Balaban J connectivity index is 1.64. The summed E-state index contributed by atoms with van der Waals surface area (Å²) in [7, 11) is -3.97. The van der Waals surface area contributed by atoms with Crippen LogP contribution in [-0.4, -0.2) is 66.7 Å². The first-order chi connectivity index (χ1) is 17.4. The highest BCUT2D eigenvalue weighted by Gasteiger charge is 2.34. The van der Waals surface area contributed by atoms with E-state index in [1.165, 1.54) is 12.3 Å². The quantitative estimate of drug-likeness (QED) is 0.392. The maximum Gasteiger partial charge on any atom is 0.264 e. The van der Waals surface area contributed by atoms with Crippen LogP contribution in [0.4, 0.5) is 17.1 Å². The molecule has 0 aliphatic carbocycles. The molecule has 1 fully saturated rings. The first kappa shape index (κ1) is 28.5. The Morgan fingerprint density at radius 2 is 1.84 bits per heavy atom. The first-order valence-electron chi connectivity index (χ1n) is 12.3.